The zero-order chi connectivity index (χ0) is 12.1. The number of carbonyl (C=O) groups is 1. The third-order valence-electron chi connectivity index (χ3n) is 2.27. The number of halogens is 1. The molecular formula is C12H12BrN3O. The van der Waals surface area contributed by atoms with Gasteiger partial charge in [-0.05, 0) is 24.3 Å². The van der Waals surface area contributed by atoms with Crippen LogP contribution >= 0.6 is 15.9 Å². The highest BCUT2D eigenvalue weighted by Gasteiger charge is 2.05. The molecule has 1 aliphatic heterocycles. The molecule has 0 saturated heterocycles. The molecule has 2 rings (SSSR count). The van der Waals surface area contributed by atoms with Gasteiger partial charge in [0, 0.05) is 28.5 Å². The van der Waals surface area contributed by atoms with Gasteiger partial charge in [-0.25, -0.2) is 4.79 Å². The lowest BCUT2D eigenvalue weighted by molar-refractivity contribution is 0.253. The van der Waals surface area contributed by atoms with Crippen molar-refractivity contribution < 1.29 is 4.79 Å². The van der Waals surface area contributed by atoms with Crippen LogP contribution in [-0.2, 0) is 0 Å². The van der Waals surface area contributed by atoms with Gasteiger partial charge < -0.3 is 10.6 Å². The minimum atomic E-state index is -0.220. The first kappa shape index (κ1) is 11.9. The number of urea groups is 1. The Bertz CT molecular complexity index is 465. The molecule has 0 radical (unpaired) electrons. The van der Waals surface area contributed by atoms with Crippen LogP contribution in [-0.4, -0.2) is 18.3 Å². The Balaban J connectivity index is 1.79. The smallest absolute Gasteiger partial charge is 0.319 e. The monoisotopic (exact) mass is 293 g/mol. The average Bonchev–Trinajstić information content (AvgIpc) is 2.83. The van der Waals surface area contributed by atoms with Gasteiger partial charge in [0.05, 0.1) is 6.54 Å². The van der Waals surface area contributed by atoms with E-state index in [0.717, 1.165) is 22.3 Å². The van der Waals surface area contributed by atoms with Crippen molar-refractivity contribution in [1.82, 2.24) is 5.32 Å². The Morgan fingerprint density at radius 1 is 1.35 bits per heavy atom. The molecule has 4 nitrogen and oxygen atoms in total. The molecule has 1 aliphatic rings. The average molecular weight is 294 g/mol. The quantitative estimate of drug-likeness (QED) is 0.884. The number of allylic oxidation sites excluding steroid dienone is 1. The molecule has 1 heterocycles. The van der Waals surface area contributed by atoms with E-state index in [9.17, 15) is 4.79 Å². The molecule has 1 aromatic rings. The molecule has 2 amide bonds. The molecule has 0 atom stereocenters. The number of carbonyl (C=O) groups excluding carboxylic acids is 1. The van der Waals surface area contributed by atoms with Crippen LogP contribution in [0.15, 0.2) is 46.0 Å². The Kier molecular flexibility index (Phi) is 3.93. The van der Waals surface area contributed by atoms with Crippen LogP contribution in [0.25, 0.3) is 0 Å². The maximum atomic E-state index is 11.5. The summed E-state index contributed by atoms with van der Waals surface area (Å²) < 4.78 is 0.981. The second kappa shape index (κ2) is 5.63. The fourth-order valence-corrected chi connectivity index (χ4v) is 1.67. The normalized spacial score (nSPS) is 13.4. The van der Waals surface area contributed by atoms with Crippen molar-refractivity contribution in [3.63, 3.8) is 0 Å². The maximum Gasteiger partial charge on any atom is 0.319 e. The van der Waals surface area contributed by atoms with Crippen molar-refractivity contribution in [2.45, 2.75) is 6.42 Å². The first-order chi connectivity index (χ1) is 8.24. The van der Waals surface area contributed by atoms with Crippen LogP contribution in [0.2, 0.25) is 0 Å². The molecule has 0 fully saturated rings. The van der Waals surface area contributed by atoms with E-state index in [1.54, 1.807) is 6.20 Å². The number of nitrogens with one attached hydrogen (secondary N) is 2. The van der Waals surface area contributed by atoms with Crippen molar-refractivity contribution >= 4 is 33.4 Å². The Morgan fingerprint density at radius 2 is 2.12 bits per heavy atom. The molecule has 0 bridgehead atoms. The Hall–Kier alpha value is -1.62. The Morgan fingerprint density at radius 3 is 2.76 bits per heavy atom. The highest BCUT2D eigenvalue weighted by molar-refractivity contribution is 9.10. The lowest BCUT2D eigenvalue weighted by Crippen LogP contribution is -2.32. The molecule has 0 unspecified atom stereocenters. The zero-order valence-corrected chi connectivity index (χ0v) is 10.7. The van der Waals surface area contributed by atoms with Gasteiger partial charge >= 0.3 is 6.03 Å². The Labute approximate surface area is 108 Å². The van der Waals surface area contributed by atoms with E-state index in [1.807, 2.05) is 30.3 Å². The van der Waals surface area contributed by atoms with Crippen LogP contribution < -0.4 is 10.6 Å². The van der Waals surface area contributed by atoms with E-state index >= 15 is 0 Å². The van der Waals surface area contributed by atoms with Crippen molar-refractivity contribution in [3.05, 3.63) is 41.0 Å². The van der Waals surface area contributed by atoms with Crippen LogP contribution in [0.4, 0.5) is 10.5 Å². The van der Waals surface area contributed by atoms with Crippen LogP contribution in [0.3, 0.4) is 0 Å². The van der Waals surface area contributed by atoms with Crippen molar-refractivity contribution in [3.8, 4) is 0 Å². The molecule has 17 heavy (non-hydrogen) atoms. The SMILES string of the molecule is O=C(NCC1=NC=CC1)Nc1ccc(Br)cc1. The van der Waals surface area contributed by atoms with E-state index in [-0.39, 0.29) is 6.03 Å². The van der Waals surface area contributed by atoms with Crippen LogP contribution in [0.1, 0.15) is 6.42 Å². The second-order valence-corrected chi connectivity index (χ2v) is 4.51. The molecule has 0 aliphatic carbocycles. The predicted molar refractivity (Wildman–Crippen MR) is 72.4 cm³/mol. The fourth-order valence-electron chi connectivity index (χ4n) is 1.41. The summed E-state index contributed by atoms with van der Waals surface area (Å²) in [5.74, 6) is 0. The summed E-state index contributed by atoms with van der Waals surface area (Å²) in [6, 6.07) is 7.19. The van der Waals surface area contributed by atoms with Gasteiger partial charge in [0.2, 0.25) is 0 Å². The highest BCUT2D eigenvalue weighted by Crippen LogP contribution is 2.13. The van der Waals surface area contributed by atoms with Gasteiger partial charge in [-0.1, -0.05) is 22.0 Å². The summed E-state index contributed by atoms with van der Waals surface area (Å²) >= 11 is 3.34. The standard InChI is InChI=1S/C12H12BrN3O/c13-9-3-5-10(6-4-9)16-12(17)15-8-11-2-1-7-14-11/h1,3-7H,2,8H2,(H2,15,16,17). The van der Waals surface area contributed by atoms with Crippen molar-refractivity contribution in [2.75, 3.05) is 11.9 Å². The van der Waals surface area contributed by atoms with Crippen molar-refractivity contribution in [1.29, 1.82) is 0 Å². The number of anilines is 1. The van der Waals surface area contributed by atoms with Gasteiger partial charge in [-0.2, -0.15) is 0 Å². The summed E-state index contributed by atoms with van der Waals surface area (Å²) in [6.07, 6.45) is 4.53. The summed E-state index contributed by atoms with van der Waals surface area (Å²) in [7, 11) is 0. The largest absolute Gasteiger partial charge is 0.333 e. The number of amides is 2. The summed E-state index contributed by atoms with van der Waals surface area (Å²) in [5, 5.41) is 5.50. The van der Waals surface area contributed by atoms with Gasteiger partial charge in [0.15, 0.2) is 0 Å². The molecule has 0 spiro atoms. The highest BCUT2D eigenvalue weighted by atomic mass is 79.9. The van der Waals surface area contributed by atoms with Crippen molar-refractivity contribution in [2.24, 2.45) is 4.99 Å². The number of nitrogens with zero attached hydrogens (tertiary/aromatic N) is 1. The number of hydrogen-bond donors (Lipinski definition) is 2. The third kappa shape index (κ3) is 3.71. The molecule has 2 N–H and O–H groups in total. The topological polar surface area (TPSA) is 53.5 Å². The number of aliphatic imine (C=N–C) groups is 1. The van der Waals surface area contributed by atoms with E-state index in [0.29, 0.717) is 6.54 Å². The van der Waals surface area contributed by atoms with E-state index < -0.39 is 0 Å². The summed E-state index contributed by atoms with van der Waals surface area (Å²) in [5.41, 5.74) is 1.73. The molecule has 88 valence electrons. The molecule has 0 saturated carbocycles. The van der Waals surface area contributed by atoms with Gasteiger partial charge in [-0.3, -0.25) is 4.99 Å². The van der Waals surface area contributed by atoms with E-state index in [1.165, 1.54) is 0 Å². The number of rotatable bonds is 3. The van der Waals surface area contributed by atoms with Crippen LogP contribution in [0, 0.1) is 0 Å². The first-order valence-electron chi connectivity index (χ1n) is 5.25. The summed E-state index contributed by atoms with van der Waals surface area (Å²) in [4.78, 5) is 15.7. The molecular weight excluding hydrogens is 282 g/mol. The van der Waals surface area contributed by atoms with Gasteiger partial charge in [-0.15, -0.1) is 0 Å². The minimum Gasteiger partial charge on any atom is -0.333 e. The second-order valence-electron chi connectivity index (χ2n) is 3.60. The third-order valence-corrected chi connectivity index (χ3v) is 2.80. The maximum absolute atomic E-state index is 11.5. The summed E-state index contributed by atoms with van der Waals surface area (Å²) in [6.45, 7) is 0.482. The van der Waals surface area contributed by atoms with Crippen LogP contribution in [0.5, 0.6) is 0 Å². The molecule has 1 aromatic carbocycles. The number of benzene rings is 1. The van der Waals surface area contributed by atoms with Gasteiger partial charge in [0.25, 0.3) is 0 Å². The zero-order valence-electron chi connectivity index (χ0n) is 9.11. The minimum absolute atomic E-state index is 0.220. The predicted octanol–water partition coefficient (Wildman–Crippen LogP) is 2.93. The fraction of sp³-hybridized carbons (Fsp3) is 0.167. The lowest BCUT2D eigenvalue weighted by Gasteiger charge is -2.07. The number of hydrogen-bond acceptors (Lipinski definition) is 2. The van der Waals surface area contributed by atoms with E-state index in [2.05, 4.69) is 31.6 Å². The van der Waals surface area contributed by atoms with Gasteiger partial charge in [0.1, 0.15) is 0 Å². The molecule has 0 aromatic heterocycles. The molecule has 5 heteroatoms. The lowest BCUT2D eigenvalue weighted by atomic mass is 10.3. The first-order valence-corrected chi connectivity index (χ1v) is 6.04. The van der Waals surface area contributed by atoms with E-state index in [4.69, 9.17) is 0 Å².